The van der Waals surface area contributed by atoms with Crippen molar-refractivity contribution in [2.75, 3.05) is 11.9 Å². The zero-order chi connectivity index (χ0) is 13.7. The number of nitrogens with one attached hydrogen (secondary N) is 1. The summed E-state index contributed by atoms with van der Waals surface area (Å²) in [7, 11) is 0. The molecule has 0 atom stereocenters. The molecule has 0 amide bonds. The van der Waals surface area contributed by atoms with E-state index in [1.807, 2.05) is 0 Å². The third-order valence-electron chi connectivity index (χ3n) is 2.41. The quantitative estimate of drug-likeness (QED) is 0.876. The van der Waals surface area contributed by atoms with Crippen LogP contribution in [0.3, 0.4) is 0 Å². The maximum atomic E-state index is 12.9. The van der Waals surface area contributed by atoms with Crippen LogP contribution in [-0.2, 0) is 0 Å². The second kappa shape index (κ2) is 6.38. The van der Waals surface area contributed by atoms with Gasteiger partial charge in [-0.05, 0) is 30.7 Å². The summed E-state index contributed by atoms with van der Waals surface area (Å²) in [5.41, 5.74) is 0. The minimum absolute atomic E-state index is 0.236. The minimum Gasteiger partial charge on any atom is -0.456 e. The molecule has 1 aromatic carbocycles. The Morgan fingerprint density at radius 2 is 2.16 bits per heavy atom. The van der Waals surface area contributed by atoms with E-state index in [4.69, 9.17) is 16.3 Å². The molecule has 2 aromatic rings. The van der Waals surface area contributed by atoms with E-state index < -0.39 is 5.82 Å². The van der Waals surface area contributed by atoms with E-state index in [-0.39, 0.29) is 5.02 Å². The van der Waals surface area contributed by atoms with Crippen LogP contribution in [0.25, 0.3) is 0 Å². The Morgan fingerprint density at radius 1 is 1.32 bits per heavy atom. The summed E-state index contributed by atoms with van der Waals surface area (Å²) in [5.74, 6) is 1.35. The van der Waals surface area contributed by atoms with Crippen molar-refractivity contribution in [3.63, 3.8) is 0 Å². The minimum atomic E-state index is -0.391. The highest BCUT2D eigenvalue weighted by Gasteiger charge is 2.05. The van der Waals surface area contributed by atoms with E-state index in [1.54, 1.807) is 18.3 Å². The molecule has 1 aromatic heterocycles. The van der Waals surface area contributed by atoms with Crippen molar-refractivity contribution in [2.24, 2.45) is 0 Å². The van der Waals surface area contributed by atoms with Crippen molar-refractivity contribution in [3.8, 4) is 11.5 Å². The maximum Gasteiger partial charge on any atom is 0.146 e. The topological polar surface area (TPSA) is 34.1 Å². The summed E-state index contributed by atoms with van der Waals surface area (Å²) in [6, 6.07) is 7.51. The van der Waals surface area contributed by atoms with Gasteiger partial charge in [0, 0.05) is 18.8 Å². The highest BCUT2D eigenvalue weighted by molar-refractivity contribution is 6.32. The summed E-state index contributed by atoms with van der Waals surface area (Å²) >= 11 is 5.91. The molecule has 100 valence electrons. The number of nitrogens with zero attached hydrogens (tertiary/aromatic N) is 1. The first-order valence-electron chi connectivity index (χ1n) is 6.02. The summed E-state index contributed by atoms with van der Waals surface area (Å²) < 4.78 is 18.5. The van der Waals surface area contributed by atoms with E-state index in [2.05, 4.69) is 17.2 Å². The lowest BCUT2D eigenvalue weighted by Crippen LogP contribution is -2.01. The van der Waals surface area contributed by atoms with Gasteiger partial charge in [-0.3, -0.25) is 0 Å². The van der Waals surface area contributed by atoms with Crippen LogP contribution in [-0.4, -0.2) is 11.5 Å². The number of rotatable bonds is 5. The largest absolute Gasteiger partial charge is 0.456 e. The Labute approximate surface area is 116 Å². The number of hydrogen-bond acceptors (Lipinski definition) is 3. The second-order valence-electron chi connectivity index (χ2n) is 3.98. The van der Waals surface area contributed by atoms with Crippen molar-refractivity contribution in [1.29, 1.82) is 0 Å². The number of hydrogen-bond donors (Lipinski definition) is 1. The predicted octanol–water partition coefficient (Wildman–Crippen LogP) is 4.49. The van der Waals surface area contributed by atoms with Crippen molar-refractivity contribution in [2.45, 2.75) is 13.3 Å². The maximum absolute atomic E-state index is 12.9. The van der Waals surface area contributed by atoms with Gasteiger partial charge < -0.3 is 10.1 Å². The molecule has 0 aliphatic rings. The molecule has 0 spiro atoms. The Balaban J connectivity index is 2.14. The van der Waals surface area contributed by atoms with E-state index in [0.717, 1.165) is 18.8 Å². The SMILES string of the molecule is CCCNc1cc(Oc2ccc(F)cc2Cl)ccn1. The highest BCUT2D eigenvalue weighted by atomic mass is 35.5. The molecule has 0 radical (unpaired) electrons. The first-order valence-corrected chi connectivity index (χ1v) is 6.39. The van der Waals surface area contributed by atoms with Gasteiger partial charge >= 0.3 is 0 Å². The van der Waals surface area contributed by atoms with E-state index >= 15 is 0 Å². The van der Waals surface area contributed by atoms with Gasteiger partial charge in [0.1, 0.15) is 23.1 Å². The lowest BCUT2D eigenvalue weighted by atomic mass is 10.3. The van der Waals surface area contributed by atoms with Crippen molar-refractivity contribution >= 4 is 17.4 Å². The molecular weight excluding hydrogens is 267 g/mol. The number of halogens is 2. The third-order valence-corrected chi connectivity index (χ3v) is 2.70. The first-order chi connectivity index (χ1) is 9.19. The van der Waals surface area contributed by atoms with Crippen LogP contribution < -0.4 is 10.1 Å². The van der Waals surface area contributed by atoms with Crippen molar-refractivity contribution < 1.29 is 9.13 Å². The van der Waals surface area contributed by atoms with Gasteiger partial charge in [-0.25, -0.2) is 9.37 Å². The number of aromatic nitrogens is 1. The number of ether oxygens (including phenoxy) is 1. The lowest BCUT2D eigenvalue weighted by Gasteiger charge is -2.09. The normalized spacial score (nSPS) is 10.3. The molecule has 5 heteroatoms. The first kappa shape index (κ1) is 13.6. The molecule has 0 saturated heterocycles. The summed E-state index contributed by atoms with van der Waals surface area (Å²) in [6.07, 6.45) is 2.65. The second-order valence-corrected chi connectivity index (χ2v) is 4.39. The smallest absolute Gasteiger partial charge is 0.146 e. The molecule has 2 rings (SSSR count). The number of anilines is 1. The van der Waals surface area contributed by atoms with Gasteiger partial charge in [-0.2, -0.15) is 0 Å². The molecule has 0 aliphatic carbocycles. The van der Waals surface area contributed by atoms with Gasteiger partial charge in [0.05, 0.1) is 5.02 Å². The van der Waals surface area contributed by atoms with E-state index in [0.29, 0.717) is 11.5 Å². The van der Waals surface area contributed by atoms with Crippen molar-refractivity contribution in [1.82, 2.24) is 4.98 Å². The Hall–Kier alpha value is -1.81. The predicted molar refractivity (Wildman–Crippen MR) is 74.5 cm³/mol. The van der Waals surface area contributed by atoms with Gasteiger partial charge in [0.25, 0.3) is 0 Å². The zero-order valence-electron chi connectivity index (χ0n) is 10.5. The zero-order valence-corrected chi connectivity index (χ0v) is 11.2. The highest BCUT2D eigenvalue weighted by Crippen LogP contribution is 2.30. The molecule has 1 N–H and O–H groups in total. The summed E-state index contributed by atoms with van der Waals surface area (Å²) in [5, 5.41) is 3.40. The fourth-order valence-electron chi connectivity index (χ4n) is 1.51. The number of benzene rings is 1. The molecule has 3 nitrogen and oxygen atoms in total. The summed E-state index contributed by atoms with van der Waals surface area (Å²) in [6.45, 7) is 2.92. The van der Waals surface area contributed by atoms with Crippen LogP contribution in [0.1, 0.15) is 13.3 Å². The molecule has 19 heavy (non-hydrogen) atoms. The third kappa shape index (κ3) is 3.83. The van der Waals surface area contributed by atoms with Crippen molar-refractivity contribution in [3.05, 3.63) is 47.4 Å². The van der Waals surface area contributed by atoms with Gasteiger partial charge in [-0.15, -0.1) is 0 Å². The fourth-order valence-corrected chi connectivity index (χ4v) is 1.72. The van der Waals surface area contributed by atoms with Crippen LogP contribution in [0.4, 0.5) is 10.2 Å². The van der Waals surface area contributed by atoms with Crippen LogP contribution in [0.15, 0.2) is 36.5 Å². The molecule has 0 fully saturated rings. The average molecular weight is 281 g/mol. The van der Waals surface area contributed by atoms with Crippen LogP contribution in [0.2, 0.25) is 5.02 Å². The Kier molecular flexibility index (Phi) is 4.58. The molecule has 0 saturated carbocycles. The van der Waals surface area contributed by atoms with Crippen LogP contribution >= 0.6 is 11.6 Å². The van der Waals surface area contributed by atoms with Crippen LogP contribution in [0.5, 0.6) is 11.5 Å². The van der Waals surface area contributed by atoms with E-state index in [9.17, 15) is 4.39 Å². The monoisotopic (exact) mass is 280 g/mol. The average Bonchev–Trinajstić information content (AvgIpc) is 2.40. The summed E-state index contributed by atoms with van der Waals surface area (Å²) in [4.78, 5) is 4.17. The van der Waals surface area contributed by atoms with Gasteiger partial charge in [-0.1, -0.05) is 18.5 Å². The van der Waals surface area contributed by atoms with Crippen LogP contribution in [0, 0.1) is 5.82 Å². The fraction of sp³-hybridized carbons (Fsp3) is 0.214. The molecule has 0 bridgehead atoms. The standard InChI is InChI=1S/C14H14ClFN2O/c1-2-6-17-14-9-11(5-7-18-14)19-13-4-3-10(16)8-12(13)15/h3-5,7-9H,2,6H2,1H3,(H,17,18). The number of pyridine rings is 1. The Bertz CT molecular complexity index is 563. The molecule has 1 heterocycles. The molecule has 0 aliphatic heterocycles. The lowest BCUT2D eigenvalue weighted by molar-refractivity contribution is 0.480. The Morgan fingerprint density at radius 3 is 2.89 bits per heavy atom. The molecular formula is C14H14ClFN2O. The van der Waals surface area contributed by atoms with Gasteiger partial charge in [0.2, 0.25) is 0 Å². The van der Waals surface area contributed by atoms with Gasteiger partial charge in [0.15, 0.2) is 0 Å². The molecule has 0 unspecified atom stereocenters. The van der Waals surface area contributed by atoms with E-state index in [1.165, 1.54) is 18.2 Å².